The second kappa shape index (κ2) is 4.81. The molecule has 0 aliphatic carbocycles. The van der Waals surface area contributed by atoms with Gasteiger partial charge >= 0.3 is 6.09 Å². The first-order valence-electron chi connectivity index (χ1n) is 6.36. The molecule has 1 heterocycles. The van der Waals surface area contributed by atoms with Gasteiger partial charge in [-0.1, -0.05) is 18.2 Å². The van der Waals surface area contributed by atoms with Gasteiger partial charge < -0.3 is 4.74 Å². The number of carbonyl (C=O) groups is 1. The summed E-state index contributed by atoms with van der Waals surface area (Å²) in [5.41, 5.74) is 3.82. The van der Waals surface area contributed by atoms with Crippen LogP contribution >= 0.6 is 0 Å². The predicted octanol–water partition coefficient (Wildman–Crippen LogP) is 3.70. The largest absolute Gasteiger partial charge is 0.425 e. The van der Waals surface area contributed by atoms with E-state index in [0.29, 0.717) is 5.75 Å². The minimum Gasteiger partial charge on any atom is -0.410 e. The van der Waals surface area contributed by atoms with Crippen molar-refractivity contribution < 1.29 is 9.53 Å². The second-order valence-electron chi connectivity index (χ2n) is 4.72. The van der Waals surface area contributed by atoms with Crippen molar-refractivity contribution in [2.75, 3.05) is 0 Å². The summed E-state index contributed by atoms with van der Waals surface area (Å²) >= 11 is 0. The van der Waals surface area contributed by atoms with Crippen LogP contribution in [0.1, 0.15) is 11.1 Å². The maximum absolute atomic E-state index is 12.2. The maximum atomic E-state index is 12.2. The van der Waals surface area contributed by atoms with E-state index in [0.717, 1.165) is 22.2 Å². The molecular weight excluding hydrogens is 252 g/mol. The average molecular weight is 266 g/mol. The highest BCUT2D eigenvalue weighted by atomic mass is 16.6. The van der Waals surface area contributed by atoms with Crippen LogP contribution in [0, 0.1) is 13.8 Å². The van der Waals surface area contributed by atoms with Crippen LogP contribution in [-0.4, -0.2) is 15.6 Å². The molecule has 4 nitrogen and oxygen atoms in total. The lowest BCUT2D eigenvalue weighted by Gasteiger charge is -2.06. The molecule has 1 aromatic heterocycles. The zero-order chi connectivity index (χ0) is 14.1. The summed E-state index contributed by atoms with van der Waals surface area (Å²) in [6.07, 6.45) is 1.04. The Morgan fingerprint density at radius 1 is 1.10 bits per heavy atom. The first-order chi connectivity index (χ1) is 9.65. The highest BCUT2D eigenvalue weighted by Gasteiger charge is 2.13. The van der Waals surface area contributed by atoms with Gasteiger partial charge in [-0.3, -0.25) is 0 Å². The highest BCUT2D eigenvalue weighted by Crippen LogP contribution is 2.19. The predicted molar refractivity (Wildman–Crippen MR) is 77.1 cm³/mol. The fourth-order valence-corrected chi connectivity index (χ4v) is 2.05. The van der Waals surface area contributed by atoms with Crippen LogP contribution < -0.4 is 4.74 Å². The van der Waals surface area contributed by atoms with Gasteiger partial charge in [0.1, 0.15) is 12.1 Å². The number of hydrogen-bond acceptors (Lipinski definition) is 3. The molecule has 0 saturated heterocycles. The molecule has 4 heteroatoms. The summed E-state index contributed by atoms with van der Waals surface area (Å²) in [4.78, 5) is 16.4. The van der Waals surface area contributed by atoms with Crippen LogP contribution in [0.2, 0.25) is 0 Å². The number of hydrogen-bond donors (Lipinski definition) is 0. The number of nitrogens with zero attached hydrogens (tertiary/aromatic N) is 2. The minimum atomic E-state index is -0.457. The Hall–Kier alpha value is -2.62. The van der Waals surface area contributed by atoms with Crippen LogP contribution in [0.3, 0.4) is 0 Å². The molecule has 0 saturated carbocycles. The van der Waals surface area contributed by atoms with Crippen molar-refractivity contribution in [2.24, 2.45) is 0 Å². The molecule has 0 bridgehead atoms. The quantitative estimate of drug-likeness (QED) is 0.674. The summed E-state index contributed by atoms with van der Waals surface area (Å²) < 4.78 is 6.75. The van der Waals surface area contributed by atoms with Crippen molar-refractivity contribution in [3.05, 3.63) is 59.9 Å². The Kier molecular flexibility index (Phi) is 2.99. The molecule has 0 amide bonds. The third kappa shape index (κ3) is 2.16. The van der Waals surface area contributed by atoms with E-state index in [4.69, 9.17) is 4.74 Å². The van der Waals surface area contributed by atoms with E-state index < -0.39 is 6.09 Å². The normalized spacial score (nSPS) is 10.7. The van der Waals surface area contributed by atoms with Gasteiger partial charge in [-0.2, -0.15) is 0 Å². The van der Waals surface area contributed by atoms with Gasteiger partial charge in [-0.15, -0.1) is 0 Å². The fourth-order valence-electron chi connectivity index (χ4n) is 2.05. The molecule has 100 valence electrons. The number of benzene rings is 2. The maximum Gasteiger partial charge on any atom is 0.425 e. The summed E-state index contributed by atoms with van der Waals surface area (Å²) in [7, 11) is 0. The molecule has 20 heavy (non-hydrogen) atoms. The third-order valence-electron chi connectivity index (χ3n) is 3.31. The Morgan fingerprint density at radius 2 is 1.80 bits per heavy atom. The smallest absolute Gasteiger partial charge is 0.410 e. The van der Waals surface area contributed by atoms with Crippen molar-refractivity contribution >= 4 is 17.1 Å². The van der Waals surface area contributed by atoms with Gasteiger partial charge in [0, 0.05) is 0 Å². The van der Waals surface area contributed by atoms with E-state index in [1.165, 1.54) is 10.9 Å². The lowest BCUT2D eigenvalue weighted by molar-refractivity contribution is 0.203. The number of imidazole rings is 1. The van der Waals surface area contributed by atoms with E-state index in [9.17, 15) is 4.79 Å². The lowest BCUT2D eigenvalue weighted by Crippen LogP contribution is -2.15. The summed E-state index contributed by atoms with van der Waals surface area (Å²) in [6, 6.07) is 12.9. The minimum absolute atomic E-state index is 0.457. The molecule has 0 spiro atoms. The van der Waals surface area contributed by atoms with Crippen LogP contribution in [0.5, 0.6) is 5.75 Å². The molecule has 0 N–H and O–H groups in total. The molecule has 0 radical (unpaired) electrons. The summed E-state index contributed by atoms with van der Waals surface area (Å²) in [5, 5.41) is 0. The fraction of sp³-hybridized carbons (Fsp3) is 0.125. The molecule has 0 unspecified atom stereocenters. The second-order valence-corrected chi connectivity index (χ2v) is 4.72. The van der Waals surface area contributed by atoms with Gasteiger partial charge in [0.15, 0.2) is 0 Å². The number of para-hydroxylation sites is 1. The van der Waals surface area contributed by atoms with Crippen LogP contribution in [-0.2, 0) is 0 Å². The number of ether oxygens (including phenoxy) is 1. The van der Waals surface area contributed by atoms with E-state index in [1.807, 2.05) is 44.2 Å². The van der Waals surface area contributed by atoms with Crippen LogP contribution in [0.4, 0.5) is 4.79 Å². The molecule has 0 fully saturated rings. The van der Waals surface area contributed by atoms with E-state index in [2.05, 4.69) is 4.98 Å². The van der Waals surface area contributed by atoms with E-state index in [-0.39, 0.29) is 0 Å². The van der Waals surface area contributed by atoms with E-state index in [1.54, 1.807) is 12.1 Å². The number of rotatable bonds is 1. The zero-order valence-electron chi connectivity index (χ0n) is 11.3. The molecule has 3 rings (SSSR count). The Morgan fingerprint density at radius 3 is 2.55 bits per heavy atom. The van der Waals surface area contributed by atoms with Crippen molar-refractivity contribution in [3.63, 3.8) is 0 Å². The SMILES string of the molecule is Cc1cc2ncn(C(=O)Oc3ccccc3)c2cc1C. The first-order valence-corrected chi connectivity index (χ1v) is 6.36. The average Bonchev–Trinajstić information content (AvgIpc) is 2.83. The number of aromatic nitrogens is 2. The molecular formula is C16H14N2O2. The number of carbonyl (C=O) groups excluding carboxylic acids is 1. The lowest BCUT2D eigenvalue weighted by atomic mass is 10.1. The van der Waals surface area contributed by atoms with E-state index >= 15 is 0 Å². The first kappa shape index (κ1) is 12.4. The van der Waals surface area contributed by atoms with Crippen LogP contribution in [0.25, 0.3) is 11.0 Å². The summed E-state index contributed by atoms with van der Waals surface area (Å²) in [6.45, 7) is 4.03. The van der Waals surface area contributed by atoms with Gasteiger partial charge in [-0.05, 0) is 49.2 Å². The summed E-state index contributed by atoms with van der Waals surface area (Å²) in [5.74, 6) is 0.517. The van der Waals surface area contributed by atoms with Crippen molar-refractivity contribution in [3.8, 4) is 5.75 Å². The number of aryl methyl sites for hydroxylation is 2. The standard InChI is InChI=1S/C16H14N2O2/c1-11-8-14-15(9-12(11)2)18(10-17-14)16(19)20-13-6-4-3-5-7-13/h3-10H,1-2H3. The Balaban J connectivity index is 1.98. The Bertz CT molecular complexity index is 776. The molecule has 2 aromatic carbocycles. The molecule has 3 aromatic rings. The monoisotopic (exact) mass is 266 g/mol. The topological polar surface area (TPSA) is 44.1 Å². The highest BCUT2D eigenvalue weighted by molar-refractivity contribution is 5.88. The Labute approximate surface area is 116 Å². The molecule has 0 aliphatic heterocycles. The third-order valence-corrected chi connectivity index (χ3v) is 3.31. The van der Waals surface area contributed by atoms with Gasteiger partial charge in [-0.25, -0.2) is 14.3 Å². The van der Waals surface area contributed by atoms with Gasteiger partial charge in [0.2, 0.25) is 0 Å². The number of fused-ring (bicyclic) bond motifs is 1. The van der Waals surface area contributed by atoms with Gasteiger partial charge in [0.05, 0.1) is 11.0 Å². The van der Waals surface area contributed by atoms with Crippen molar-refractivity contribution in [1.82, 2.24) is 9.55 Å². The van der Waals surface area contributed by atoms with Crippen LogP contribution in [0.15, 0.2) is 48.8 Å². The van der Waals surface area contributed by atoms with Crippen molar-refractivity contribution in [1.29, 1.82) is 0 Å². The molecule has 0 atom stereocenters. The molecule has 0 aliphatic rings. The zero-order valence-corrected chi connectivity index (χ0v) is 11.3. The van der Waals surface area contributed by atoms with Crippen molar-refractivity contribution in [2.45, 2.75) is 13.8 Å². The van der Waals surface area contributed by atoms with Gasteiger partial charge in [0.25, 0.3) is 0 Å².